The van der Waals surface area contributed by atoms with Gasteiger partial charge in [-0.1, -0.05) is 40.5 Å². The zero-order valence-electron chi connectivity index (χ0n) is 9.90. The van der Waals surface area contributed by atoms with Crippen molar-refractivity contribution in [3.8, 4) is 0 Å². The molecule has 1 aromatic rings. The van der Waals surface area contributed by atoms with Gasteiger partial charge in [0.2, 0.25) is 0 Å². The molecule has 2 aliphatic carbocycles. The van der Waals surface area contributed by atoms with Crippen molar-refractivity contribution in [1.29, 1.82) is 0 Å². The Labute approximate surface area is 111 Å². The summed E-state index contributed by atoms with van der Waals surface area (Å²) in [5.41, 5.74) is 4.41. The van der Waals surface area contributed by atoms with Crippen LogP contribution in [0, 0.1) is 17.8 Å². The van der Waals surface area contributed by atoms with Crippen LogP contribution in [0.2, 0.25) is 0 Å². The average molecular weight is 295 g/mol. The summed E-state index contributed by atoms with van der Waals surface area (Å²) < 4.78 is 1.20. The Kier molecular flexibility index (Phi) is 3.24. The van der Waals surface area contributed by atoms with Gasteiger partial charge in [-0.05, 0) is 48.6 Å². The van der Waals surface area contributed by atoms with Gasteiger partial charge in [0.05, 0.1) is 0 Å². The Morgan fingerprint density at radius 2 is 2.00 bits per heavy atom. The van der Waals surface area contributed by atoms with E-state index in [4.69, 9.17) is 5.84 Å². The van der Waals surface area contributed by atoms with E-state index in [2.05, 4.69) is 45.6 Å². The highest BCUT2D eigenvalue weighted by atomic mass is 79.9. The summed E-state index contributed by atoms with van der Waals surface area (Å²) in [5, 5.41) is 0. The largest absolute Gasteiger partial charge is 0.271 e. The van der Waals surface area contributed by atoms with E-state index in [0.29, 0.717) is 6.04 Å². The molecule has 3 atom stereocenters. The molecule has 0 heterocycles. The van der Waals surface area contributed by atoms with Crippen LogP contribution in [-0.4, -0.2) is 6.04 Å². The normalized spacial score (nSPS) is 32.2. The molecule has 2 aliphatic rings. The number of hydrogen-bond acceptors (Lipinski definition) is 2. The molecule has 2 saturated carbocycles. The van der Waals surface area contributed by atoms with E-state index in [1.807, 2.05) is 0 Å². The van der Waals surface area contributed by atoms with Gasteiger partial charge in [-0.15, -0.1) is 0 Å². The van der Waals surface area contributed by atoms with Crippen LogP contribution >= 0.6 is 15.9 Å². The molecule has 3 N–H and O–H groups in total. The summed E-state index contributed by atoms with van der Waals surface area (Å²) in [7, 11) is 0. The number of benzene rings is 1. The lowest BCUT2D eigenvalue weighted by molar-refractivity contribution is 0.410. The van der Waals surface area contributed by atoms with Gasteiger partial charge >= 0.3 is 0 Å². The van der Waals surface area contributed by atoms with Crippen molar-refractivity contribution in [2.24, 2.45) is 23.6 Å². The Morgan fingerprint density at radius 3 is 2.65 bits per heavy atom. The minimum absolute atomic E-state index is 0.448. The maximum atomic E-state index is 5.75. The van der Waals surface area contributed by atoms with E-state index in [1.54, 1.807) is 0 Å². The second kappa shape index (κ2) is 4.71. The predicted molar refractivity (Wildman–Crippen MR) is 73.3 cm³/mol. The smallest absolute Gasteiger partial charge is 0.0285 e. The van der Waals surface area contributed by atoms with Crippen molar-refractivity contribution in [3.63, 3.8) is 0 Å². The molecule has 2 fully saturated rings. The molecule has 1 aromatic carbocycles. The van der Waals surface area contributed by atoms with E-state index in [-0.39, 0.29) is 0 Å². The molecule has 0 bridgehead atoms. The lowest BCUT2D eigenvalue weighted by Gasteiger charge is -2.18. The molecule has 0 saturated heterocycles. The van der Waals surface area contributed by atoms with E-state index in [9.17, 15) is 0 Å². The molecule has 0 spiro atoms. The van der Waals surface area contributed by atoms with Crippen LogP contribution in [0.5, 0.6) is 0 Å². The van der Waals surface area contributed by atoms with Crippen molar-refractivity contribution in [3.05, 3.63) is 34.3 Å². The third kappa shape index (κ3) is 2.16. The molecule has 0 aliphatic heterocycles. The van der Waals surface area contributed by atoms with Crippen LogP contribution in [0.1, 0.15) is 24.8 Å². The molecule has 2 nitrogen and oxygen atoms in total. The number of rotatable bonds is 4. The molecular weight excluding hydrogens is 276 g/mol. The van der Waals surface area contributed by atoms with Gasteiger partial charge in [0.25, 0.3) is 0 Å². The lowest BCUT2D eigenvalue weighted by Crippen LogP contribution is -2.39. The minimum Gasteiger partial charge on any atom is -0.271 e. The predicted octanol–water partition coefficient (Wildman–Crippen LogP) is 2.87. The summed E-state index contributed by atoms with van der Waals surface area (Å²) in [5.74, 6) is 8.48. The highest BCUT2D eigenvalue weighted by Gasteiger charge is 2.55. The maximum absolute atomic E-state index is 5.75. The van der Waals surface area contributed by atoms with Gasteiger partial charge in [0.1, 0.15) is 0 Å². The summed E-state index contributed by atoms with van der Waals surface area (Å²) in [4.78, 5) is 0. The first-order valence-corrected chi connectivity index (χ1v) is 7.30. The lowest BCUT2D eigenvalue weighted by atomic mass is 9.98. The number of halogens is 1. The minimum atomic E-state index is 0.448. The molecule has 17 heavy (non-hydrogen) atoms. The zero-order chi connectivity index (χ0) is 11.8. The summed E-state index contributed by atoms with van der Waals surface area (Å²) in [6.45, 7) is 0. The summed E-state index contributed by atoms with van der Waals surface area (Å²) in [6.07, 6.45) is 5.31. The quantitative estimate of drug-likeness (QED) is 0.662. The number of hydrazine groups is 1. The maximum Gasteiger partial charge on any atom is 0.0285 e. The van der Waals surface area contributed by atoms with Crippen LogP contribution in [0.15, 0.2) is 28.7 Å². The van der Waals surface area contributed by atoms with Crippen LogP contribution in [0.3, 0.4) is 0 Å². The molecule has 0 amide bonds. The number of fused-ring (bicyclic) bond motifs is 1. The van der Waals surface area contributed by atoms with Crippen molar-refractivity contribution in [2.75, 3.05) is 0 Å². The zero-order valence-corrected chi connectivity index (χ0v) is 11.5. The highest BCUT2D eigenvalue weighted by Crippen LogP contribution is 2.59. The second-order valence-corrected chi connectivity index (χ2v) is 6.26. The molecule has 0 aromatic heterocycles. The van der Waals surface area contributed by atoms with E-state index < -0.39 is 0 Å². The topological polar surface area (TPSA) is 38.0 Å². The van der Waals surface area contributed by atoms with Crippen molar-refractivity contribution >= 4 is 15.9 Å². The molecule has 0 radical (unpaired) electrons. The fourth-order valence-electron chi connectivity index (χ4n) is 3.68. The number of hydrogen-bond donors (Lipinski definition) is 2. The fraction of sp³-hybridized carbons (Fsp3) is 0.571. The monoisotopic (exact) mass is 294 g/mol. The molecule has 3 heteroatoms. The van der Waals surface area contributed by atoms with Crippen LogP contribution in [0.25, 0.3) is 0 Å². The molecule has 92 valence electrons. The Hall–Kier alpha value is -0.380. The van der Waals surface area contributed by atoms with Gasteiger partial charge < -0.3 is 0 Å². The second-order valence-electron chi connectivity index (χ2n) is 5.40. The first kappa shape index (κ1) is 11.7. The average Bonchev–Trinajstić information content (AvgIpc) is 2.82. The first-order valence-electron chi connectivity index (χ1n) is 6.51. The summed E-state index contributed by atoms with van der Waals surface area (Å²) in [6, 6.07) is 8.90. The SMILES string of the molecule is NNC(Cc1ccccc1Br)C1C2CCCC21. The highest BCUT2D eigenvalue weighted by molar-refractivity contribution is 9.10. The van der Waals surface area contributed by atoms with E-state index >= 15 is 0 Å². The van der Waals surface area contributed by atoms with Gasteiger partial charge in [0.15, 0.2) is 0 Å². The van der Waals surface area contributed by atoms with Crippen LogP contribution in [-0.2, 0) is 6.42 Å². The Bertz CT molecular complexity index is 397. The number of nitrogens with one attached hydrogen (secondary N) is 1. The third-order valence-corrected chi connectivity index (χ3v) is 5.32. The Morgan fingerprint density at radius 1 is 1.29 bits per heavy atom. The van der Waals surface area contributed by atoms with E-state index in [1.165, 1.54) is 29.3 Å². The van der Waals surface area contributed by atoms with E-state index in [0.717, 1.165) is 24.2 Å². The summed E-state index contributed by atoms with van der Waals surface area (Å²) >= 11 is 3.62. The fourth-order valence-corrected chi connectivity index (χ4v) is 4.13. The Balaban J connectivity index is 1.69. The van der Waals surface area contributed by atoms with Gasteiger partial charge in [0, 0.05) is 10.5 Å². The van der Waals surface area contributed by atoms with Crippen molar-refractivity contribution < 1.29 is 0 Å². The number of nitrogens with two attached hydrogens (primary N) is 1. The van der Waals surface area contributed by atoms with Crippen LogP contribution in [0.4, 0.5) is 0 Å². The molecule has 3 unspecified atom stereocenters. The standard InChI is InChI=1S/C14H19BrN2/c15-12-7-2-1-4-9(12)8-13(17-16)14-10-5-3-6-11(10)14/h1-2,4,7,10-11,13-14,17H,3,5-6,8,16H2. The first-order chi connectivity index (χ1) is 8.31. The van der Waals surface area contributed by atoms with Gasteiger partial charge in [-0.25, -0.2) is 0 Å². The third-order valence-electron chi connectivity index (χ3n) is 4.55. The van der Waals surface area contributed by atoms with Crippen molar-refractivity contribution in [1.82, 2.24) is 5.43 Å². The van der Waals surface area contributed by atoms with Crippen LogP contribution < -0.4 is 11.3 Å². The van der Waals surface area contributed by atoms with Crippen molar-refractivity contribution in [2.45, 2.75) is 31.7 Å². The van der Waals surface area contributed by atoms with Gasteiger partial charge in [-0.2, -0.15) is 0 Å². The van der Waals surface area contributed by atoms with Gasteiger partial charge in [-0.3, -0.25) is 11.3 Å². The molecule has 3 rings (SSSR count). The molecular formula is C14H19BrN2.